The summed E-state index contributed by atoms with van der Waals surface area (Å²) in [5.74, 6) is -1.21. The Morgan fingerprint density at radius 2 is 1.76 bits per heavy atom. The highest BCUT2D eigenvalue weighted by molar-refractivity contribution is 6.34. The molecule has 0 aliphatic heterocycles. The van der Waals surface area contributed by atoms with E-state index in [1.165, 1.54) is 18.2 Å². The molecule has 0 spiro atoms. The fourth-order valence-corrected chi connectivity index (χ4v) is 1.94. The molecule has 1 aromatic carbocycles. The van der Waals surface area contributed by atoms with E-state index in [1.807, 2.05) is 0 Å². The van der Waals surface area contributed by atoms with Crippen LogP contribution in [0.2, 0.25) is 0 Å². The molecule has 0 aliphatic carbocycles. The second-order valence-corrected chi connectivity index (χ2v) is 5.30. The molecule has 1 rings (SSSR count). The number of nitrogens with zero attached hydrogens (tertiary/aromatic N) is 2. The average Bonchev–Trinajstić information content (AvgIpc) is 2.15. The lowest BCUT2D eigenvalue weighted by Crippen LogP contribution is -2.49. The first kappa shape index (κ1) is 14.2. The Morgan fingerprint density at radius 1 is 1.24 bits per heavy atom. The van der Waals surface area contributed by atoms with Gasteiger partial charge in [-0.1, -0.05) is 12.1 Å². The van der Waals surface area contributed by atoms with Gasteiger partial charge in [-0.25, -0.2) is 9.40 Å². The van der Waals surface area contributed by atoms with Gasteiger partial charge in [0.2, 0.25) is 0 Å². The van der Waals surface area contributed by atoms with Crippen molar-refractivity contribution >= 4 is 29.5 Å². The maximum absolute atomic E-state index is 13.5. The number of benzene rings is 1. The quantitative estimate of drug-likeness (QED) is 0.610. The van der Waals surface area contributed by atoms with Crippen LogP contribution < -0.4 is 0 Å². The number of hydrogen-bond acceptors (Lipinski definition) is 2. The Hall–Kier alpha value is -0.840. The lowest BCUT2D eigenvalue weighted by molar-refractivity contribution is 0.0240. The molecule has 0 fully saturated rings. The van der Waals surface area contributed by atoms with Gasteiger partial charge < -0.3 is 0 Å². The molecule has 0 saturated heterocycles. The maximum Gasteiger partial charge on any atom is 0.273 e. The van der Waals surface area contributed by atoms with Gasteiger partial charge in [-0.2, -0.15) is 0 Å². The Balaban J connectivity index is 3.14. The number of halogens is 3. The van der Waals surface area contributed by atoms with Gasteiger partial charge in [0.15, 0.2) is 0 Å². The summed E-state index contributed by atoms with van der Waals surface area (Å²) in [6, 6.07) is 5.67. The Labute approximate surface area is 110 Å². The molecule has 0 N–H and O–H groups in total. The van der Waals surface area contributed by atoms with Crippen molar-refractivity contribution in [2.75, 3.05) is 0 Å². The largest absolute Gasteiger partial charge is 0.273 e. The van der Waals surface area contributed by atoms with Crippen molar-refractivity contribution < 1.29 is 9.18 Å². The highest BCUT2D eigenvalue weighted by atomic mass is 35.5. The van der Waals surface area contributed by atoms with E-state index in [4.69, 9.17) is 23.6 Å². The molecule has 6 heteroatoms. The molecule has 1 aromatic rings. The Bertz CT molecular complexity index is 418. The van der Waals surface area contributed by atoms with Crippen LogP contribution in [0.1, 0.15) is 31.1 Å². The number of hydrogen-bond donors (Lipinski definition) is 0. The third-order valence-electron chi connectivity index (χ3n) is 2.08. The Morgan fingerprint density at radius 3 is 2.18 bits per heavy atom. The van der Waals surface area contributed by atoms with Gasteiger partial charge in [0.1, 0.15) is 5.82 Å². The highest BCUT2D eigenvalue weighted by Crippen LogP contribution is 2.24. The van der Waals surface area contributed by atoms with E-state index in [1.54, 1.807) is 26.8 Å². The van der Waals surface area contributed by atoms with Crippen LogP contribution in [0.5, 0.6) is 0 Å². The van der Waals surface area contributed by atoms with Gasteiger partial charge in [-0.15, -0.1) is 0 Å². The third-order valence-corrected chi connectivity index (χ3v) is 2.39. The van der Waals surface area contributed by atoms with Crippen LogP contribution in [0.3, 0.4) is 0 Å². The normalized spacial score (nSPS) is 11.7. The number of carbonyl (C=O) groups excluding carboxylic acids is 1. The molecule has 3 nitrogen and oxygen atoms in total. The summed E-state index contributed by atoms with van der Waals surface area (Å²) in [5.41, 5.74) is -0.739. The van der Waals surface area contributed by atoms with Crippen LogP contribution >= 0.6 is 23.6 Å². The molecule has 17 heavy (non-hydrogen) atoms. The predicted molar refractivity (Wildman–Crippen MR) is 65.9 cm³/mol. The zero-order valence-corrected chi connectivity index (χ0v) is 11.3. The van der Waals surface area contributed by atoms with Crippen molar-refractivity contribution in [3.8, 4) is 0 Å². The van der Waals surface area contributed by atoms with Gasteiger partial charge in [-0.3, -0.25) is 4.79 Å². The van der Waals surface area contributed by atoms with E-state index in [0.717, 1.165) is 5.01 Å². The van der Waals surface area contributed by atoms with E-state index in [-0.39, 0.29) is 5.56 Å². The minimum atomic E-state index is -0.664. The van der Waals surface area contributed by atoms with Gasteiger partial charge in [0.05, 0.1) is 11.1 Å². The SMILES string of the molecule is CC(C)(C)N(C(=O)c1ccccc1F)N(Cl)Cl. The smallest absolute Gasteiger partial charge is 0.267 e. The van der Waals surface area contributed by atoms with Gasteiger partial charge in [0, 0.05) is 23.6 Å². The molecular formula is C11H13Cl2FN2O. The molecule has 0 saturated carbocycles. The van der Waals surface area contributed by atoms with Crippen LogP contribution in [0.15, 0.2) is 24.3 Å². The van der Waals surface area contributed by atoms with Gasteiger partial charge in [-0.05, 0) is 37.0 Å². The molecule has 0 heterocycles. The molecule has 94 valence electrons. The predicted octanol–water partition coefficient (Wildman–Crippen LogP) is 3.59. The number of carbonyl (C=O) groups is 1. The molecule has 0 unspecified atom stereocenters. The van der Waals surface area contributed by atoms with Gasteiger partial charge >= 0.3 is 0 Å². The van der Waals surface area contributed by atoms with Crippen molar-refractivity contribution in [1.82, 2.24) is 9.06 Å². The second-order valence-electron chi connectivity index (χ2n) is 4.48. The summed E-state index contributed by atoms with van der Waals surface area (Å²) < 4.78 is 14.1. The van der Waals surface area contributed by atoms with Crippen molar-refractivity contribution in [3.05, 3.63) is 35.6 Å². The van der Waals surface area contributed by atoms with Crippen molar-refractivity contribution in [1.29, 1.82) is 0 Å². The summed E-state index contributed by atoms with van der Waals surface area (Å²) in [6.07, 6.45) is 0. The number of rotatable bonds is 2. The average molecular weight is 279 g/mol. The first-order chi connectivity index (χ1) is 7.75. The minimum absolute atomic E-state index is 0.0753. The van der Waals surface area contributed by atoms with Crippen LogP contribution in [0.25, 0.3) is 0 Å². The first-order valence-electron chi connectivity index (χ1n) is 4.96. The van der Waals surface area contributed by atoms with Crippen molar-refractivity contribution in [2.45, 2.75) is 26.3 Å². The summed E-state index contributed by atoms with van der Waals surface area (Å²) in [6.45, 7) is 5.22. The fraction of sp³-hybridized carbons (Fsp3) is 0.364. The first-order valence-corrected chi connectivity index (χ1v) is 5.63. The van der Waals surface area contributed by atoms with Gasteiger partial charge in [0.25, 0.3) is 5.91 Å². The van der Waals surface area contributed by atoms with Crippen LogP contribution in [0.4, 0.5) is 4.39 Å². The third kappa shape index (κ3) is 3.31. The van der Waals surface area contributed by atoms with Crippen molar-refractivity contribution in [3.63, 3.8) is 0 Å². The molecule has 0 aromatic heterocycles. The van der Waals surface area contributed by atoms with Crippen LogP contribution in [0, 0.1) is 5.82 Å². The molecular weight excluding hydrogens is 266 g/mol. The molecule has 0 aliphatic rings. The highest BCUT2D eigenvalue weighted by Gasteiger charge is 2.32. The molecule has 1 amide bonds. The summed E-state index contributed by atoms with van der Waals surface area (Å²) in [4.78, 5) is 12.1. The lowest BCUT2D eigenvalue weighted by atomic mass is 10.1. The van der Waals surface area contributed by atoms with Crippen LogP contribution in [-0.4, -0.2) is 20.5 Å². The van der Waals surface area contributed by atoms with E-state index < -0.39 is 17.3 Å². The number of hydrazine groups is 1. The number of amides is 1. The van der Waals surface area contributed by atoms with E-state index in [2.05, 4.69) is 0 Å². The molecule has 0 bridgehead atoms. The topological polar surface area (TPSA) is 23.6 Å². The monoisotopic (exact) mass is 278 g/mol. The van der Waals surface area contributed by atoms with E-state index >= 15 is 0 Å². The molecule has 0 radical (unpaired) electrons. The summed E-state index contributed by atoms with van der Waals surface area (Å²) in [5, 5.41) is 1.06. The maximum atomic E-state index is 13.5. The standard InChI is InChI=1S/C11H13Cl2FN2O/c1-11(2,3)15(16(12)13)10(17)8-6-4-5-7-9(8)14/h4-7H,1-3H3. The van der Waals surface area contributed by atoms with E-state index in [9.17, 15) is 9.18 Å². The summed E-state index contributed by atoms with van der Waals surface area (Å²) >= 11 is 11.2. The zero-order valence-electron chi connectivity index (χ0n) is 9.75. The minimum Gasteiger partial charge on any atom is -0.267 e. The zero-order chi connectivity index (χ0) is 13.2. The molecule has 0 atom stereocenters. The lowest BCUT2D eigenvalue weighted by Gasteiger charge is -2.36. The Kier molecular flexibility index (Phi) is 4.36. The van der Waals surface area contributed by atoms with Crippen LogP contribution in [-0.2, 0) is 0 Å². The van der Waals surface area contributed by atoms with E-state index in [0.29, 0.717) is 4.05 Å². The van der Waals surface area contributed by atoms with Crippen molar-refractivity contribution in [2.24, 2.45) is 0 Å². The fourth-order valence-electron chi connectivity index (χ4n) is 1.35. The summed E-state index contributed by atoms with van der Waals surface area (Å²) in [7, 11) is 0. The second kappa shape index (κ2) is 5.21.